The van der Waals surface area contributed by atoms with Crippen LogP contribution in [0.15, 0.2) is 12.1 Å². The van der Waals surface area contributed by atoms with E-state index in [1.54, 1.807) is 0 Å². The fourth-order valence-corrected chi connectivity index (χ4v) is 1.18. The third-order valence-corrected chi connectivity index (χ3v) is 2.12. The van der Waals surface area contributed by atoms with Crippen molar-refractivity contribution in [2.45, 2.75) is 26.4 Å². The zero-order valence-electron chi connectivity index (χ0n) is 10.1. The molecule has 16 heavy (non-hydrogen) atoms. The van der Waals surface area contributed by atoms with Gasteiger partial charge in [0.25, 0.3) is 0 Å². The fraction of sp³-hybridized carbons (Fsp3) is 0.500. The lowest BCUT2D eigenvalue weighted by Gasteiger charge is -2.14. The minimum absolute atomic E-state index is 0.450. The normalized spacial score (nSPS) is 10.2. The minimum Gasteiger partial charge on any atom is -0.347 e. The summed E-state index contributed by atoms with van der Waals surface area (Å²) in [6.07, 6.45) is 5.23. The molecule has 0 unspecified atom stereocenters. The third kappa shape index (κ3) is 3.87. The Labute approximate surface area is 97.1 Å². The van der Waals surface area contributed by atoms with Crippen molar-refractivity contribution in [1.82, 2.24) is 15.5 Å². The Hall–Kier alpha value is -1.60. The third-order valence-electron chi connectivity index (χ3n) is 2.12. The first kappa shape index (κ1) is 12.5. The van der Waals surface area contributed by atoms with Crippen molar-refractivity contribution in [3.63, 3.8) is 0 Å². The first-order chi connectivity index (χ1) is 7.63. The number of terminal acetylenes is 1. The summed E-state index contributed by atoms with van der Waals surface area (Å²) in [6.45, 7) is 5.48. The highest BCUT2D eigenvalue weighted by Crippen LogP contribution is 2.06. The summed E-state index contributed by atoms with van der Waals surface area (Å²) in [7, 11) is 1.90. The van der Waals surface area contributed by atoms with E-state index in [-0.39, 0.29) is 0 Å². The van der Waals surface area contributed by atoms with Crippen LogP contribution >= 0.6 is 0 Å². The van der Waals surface area contributed by atoms with Gasteiger partial charge in [-0.3, -0.25) is 0 Å². The molecule has 4 heteroatoms. The van der Waals surface area contributed by atoms with Crippen LogP contribution in [0.25, 0.3) is 0 Å². The molecule has 0 radical (unpaired) electrons. The van der Waals surface area contributed by atoms with Gasteiger partial charge in [0.1, 0.15) is 0 Å². The predicted molar refractivity (Wildman–Crippen MR) is 66.1 cm³/mol. The highest BCUT2D eigenvalue weighted by Gasteiger charge is 2.02. The molecular weight excluding hydrogens is 200 g/mol. The Morgan fingerprint density at radius 1 is 1.44 bits per heavy atom. The molecular formula is C12H18N4. The molecule has 0 atom stereocenters. The van der Waals surface area contributed by atoms with Crippen LogP contribution in [0.2, 0.25) is 0 Å². The minimum atomic E-state index is 0.450. The predicted octanol–water partition coefficient (Wildman–Crippen LogP) is 1.04. The molecule has 1 aromatic rings. The number of nitrogens with zero attached hydrogens (tertiary/aromatic N) is 3. The van der Waals surface area contributed by atoms with E-state index in [1.165, 1.54) is 0 Å². The summed E-state index contributed by atoms with van der Waals surface area (Å²) < 4.78 is 0. The van der Waals surface area contributed by atoms with Gasteiger partial charge in [-0.25, -0.2) is 0 Å². The van der Waals surface area contributed by atoms with Gasteiger partial charge in [-0.05, 0) is 12.1 Å². The number of hydrogen-bond acceptors (Lipinski definition) is 4. The van der Waals surface area contributed by atoms with Gasteiger partial charge in [0.05, 0.1) is 12.2 Å². The van der Waals surface area contributed by atoms with Crippen molar-refractivity contribution in [3.05, 3.63) is 17.8 Å². The molecule has 4 nitrogen and oxygen atoms in total. The average molecular weight is 218 g/mol. The van der Waals surface area contributed by atoms with Gasteiger partial charge in [0.2, 0.25) is 0 Å². The van der Waals surface area contributed by atoms with Crippen molar-refractivity contribution in [1.29, 1.82) is 0 Å². The van der Waals surface area contributed by atoms with Gasteiger partial charge >= 0.3 is 0 Å². The summed E-state index contributed by atoms with van der Waals surface area (Å²) >= 11 is 0. The Kier molecular flexibility index (Phi) is 4.74. The number of anilines is 1. The first-order valence-electron chi connectivity index (χ1n) is 5.34. The summed E-state index contributed by atoms with van der Waals surface area (Å²) in [4.78, 5) is 1.88. The summed E-state index contributed by atoms with van der Waals surface area (Å²) in [6, 6.07) is 4.34. The molecule has 0 bridgehead atoms. The number of rotatable bonds is 5. The molecule has 1 N–H and O–H groups in total. The molecule has 86 valence electrons. The summed E-state index contributed by atoms with van der Waals surface area (Å²) in [5.74, 6) is 3.36. The van der Waals surface area contributed by atoms with Gasteiger partial charge in [0.15, 0.2) is 5.82 Å². The van der Waals surface area contributed by atoms with Crippen molar-refractivity contribution in [2.24, 2.45) is 0 Å². The topological polar surface area (TPSA) is 41.0 Å². The monoisotopic (exact) mass is 218 g/mol. The molecule has 1 heterocycles. The van der Waals surface area contributed by atoms with Crippen molar-refractivity contribution >= 4 is 5.82 Å². The molecule has 0 fully saturated rings. The second-order valence-corrected chi connectivity index (χ2v) is 3.98. The van der Waals surface area contributed by atoms with E-state index in [4.69, 9.17) is 6.42 Å². The van der Waals surface area contributed by atoms with Gasteiger partial charge in [-0.15, -0.1) is 11.5 Å². The average Bonchev–Trinajstić information content (AvgIpc) is 2.27. The maximum absolute atomic E-state index is 5.23. The van der Waals surface area contributed by atoms with Crippen LogP contribution in [0.5, 0.6) is 0 Å². The first-order valence-corrected chi connectivity index (χ1v) is 5.34. The second-order valence-electron chi connectivity index (χ2n) is 3.98. The molecule has 0 aromatic carbocycles. The van der Waals surface area contributed by atoms with Crippen LogP contribution in [-0.2, 0) is 6.54 Å². The van der Waals surface area contributed by atoms with E-state index >= 15 is 0 Å². The smallest absolute Gasteiger partial charge is 0.151 e. The van der Waals surface area contributed by atoms with Gasteiger partial charge < -0.3 is 10.2 Å². The Morgan fingerprint density at radius 3 is 2.69 bits per heavy atom. The number of aromatic nitrogens is 2. The van der Waals surface area contributed by atoms with Crippen LogP contribution in [-0.4, -0.2) is 29.8 Å². The Bertz CT molecular complexity index is 350. The molecule has 0 aliphatic carbocycles. The largest absolute Gasteiger partial charge is 0.347 e. The van der Waals surface area contributed by atoms with Crippen LogP contribution in [0.1, 0.15) is 19.5 Å². The van der Waals surface area contributed by atoms with Crippen molar-refractivity contribution in [2.75, 3.05) is 18.5 Å². The van der Waals surface area contributed by atoms with E-state index in [0.29, 0.717) is 12.6 Å². The lowest BCUT2D eigenvalue weighted by atomic mass is 10.3. The quantitative estimate of drug-likeness (QED) is 0.750. The standard InChI is InChI=1S/C12H18N4/c1-5-8-16(4)12-7-6-11(14-15-12)9-13-10(2)3/h1,6-7,10,13H,8-9H2,2-4H3. The van der Waals surface area contributed by atoms with Gasteiger partial charge in [-0.2, -0.15) is 5.10 Å². The summed E-state index contributed by atoms with van der Waals surface area (Å²) in [5.41, 5.74) is 0.937. The van der Waals surface area contributed by atoms with E-state index < -0.39 is 0 Å². The van der Waals surface area contributed by atoms with Crippen LogP contribution in [0.4, 0.5) is 5.82 Å². The van der Waals surface area contributed by atoms with E-state index in [2.05, 4.69) is 35.3 Å². The highest BCUT2D eigenvalue weighted by atomic mass is 15.2. The lowest BCUT2D eigenvalue weighted by Crippen LogP contribution is -2.23. The van der Waals surface area contributed by atoms with E-state index in [0.717, 1.165) is 18.1 Å². The van der Waals surface area contributed by atoms with Gasteiger partial charge in [0, 0.05) is 19.6 Å². The Morgan fingerprint density at radius 2 is 2.19 bits per heavy atom. The van der Waals surface area contributed by atoms with Crippen LogP contribution < -0.4 is 10.2 Å². The molecule has 0 aliphatic rings. The lowest BCUT2D eigenvalue weighted by molar-refractivity contribution is 0.577. The number of hydrogen-bond donors (Lipinski definition) is 1. The maximum Gasteiger partial charge on any atom is 0.151 e. The molecule has 0 saturated carbocycles. The molecule has 1 rings (SSSR count). The zero-order chi connectivity index (χ0) is 12.0. The summed E-state index contributed by atoms with van der Waals surface area (Å²) in [5, 5.41) is 11.5. The zero-order valence-corrected chi connectivity index (χ0v) is 10.1. The molecule has 0 amide bonds. The van der Waals surface area contributed by atoms with Crippen LogP contribution in [0.3, 0.4) is 0 Å². The SMILES string of the molecule is C#CCN(C)c1ccc(CNC(C)C)nn1. The second kappa shape index (κ2) is 6.09. The fourth-order valence-electron chi connectivity index (χ4n) is 1.18. The highest BCUT2D eigenvalue weighted by molar-refractivity contribution is 5.37. The van der Waals surface area contributed by atoms with Crippen molar-refractivity contribution in [3.8, 4) is 12.3 Å². The Balaban J connectivity index is 2.58. The maximum atomic E-state index is 5.23. The molecule has 0 saturated heterocycles. The number of nitrogens with one attached hydrogen (secondary N) is 1. The molecule has 0 spiro atoms. The van der Waals surface area contributed by atoms with E-state index in [9.17, 15) is 0 Å². The van der Waals surface area contributed by atoms with Gasteiger partial charge in [-0.1, -0.05) is 19.8 Å². The van der Waals surface area contributed by atoms with Crippen LogP contribution in [0, 0.1) is 12.3 Å². The molecule has 1 aromatic heterocycles. The van der Waals surface area contributed by atoms with Crippen molar-refractivity contribution < 1.29 is 0 Å². The van der Waals surface area contributed by atoms with E-state index in [1.807, 2.05) is 24.1 Å². The molecule has 0 aliphatic heterocycles.